The van der Waals surface area contributed by atoms with Gasteiger partial charge < -0.3 is 0 Å². The zero-order valence-corrected chi connectivity index (χ0v) is 6.12. The van der Waals surface area contributed by atoms with Crippen molar-refractivity contribution in [3.8, 4) is 6.07 Å². The maximum atomic E-state index is 12.7. The summed E-state index contributed by atoms with van der Waals surface area (Å²) in [5, 5.41) is 18.3. The summed E-state index contributed by atoms with van der Waals surface area (Å²) in [5.41, 5.74) is -1.53. The molecule has 0 N–H and O–H groups in total. The number of hydrogen-bond acceptors (Lipinski definition) is 3. The SMILES string of the molecule is N#Cc1c(F)cc([N+](=O)[O-])cc1F. The fourth-order valence-corrected chi connectivity index (χ4v) is 0.772. The topological polar surface area (TPSA) is 66.9 Å². The maximum Gasteiger partial charge on any atom is 0.275 e. The van der Waals surface area contributed by atoms with Crippen LogP contribution in [0.15, 0.2) is 12.1 Å². The molecule has 0 aromatic heterocycles. The molecule has 4 nitrogen and oxygen atoms in total. The molecule has 0 atom stereocenters. The Morgan fingerprint density at radius 2 is 1.85 bits per heavy atom. The van der Waals surface area contributed by atoms with Crippen molar-refractivity contribution < 1.29 is 13.7 Å². The fourth-order valence-electron chi connectivity index (χ4n) is 0.772. The van der Waals surface area contributed by atoms with Gasteiger partial charge in [-0.1, -0.05) is 0 Å². The summed E-state index contributed by atoms with van der Waals surface area (Å²) in [6.07, 6.45) is 0. The summed E-state index contributed by atoms with van der Waals surface area (Å²) in [4.78, 5) is 9.16. The molecule has 0 unspecified atom stereocenters. The molecule has 0 heterocycles. The van der Waals surface area contributed by atoms with E-state index >= 15 is 0 Å². The van der Waals surface area contributed by atoms with E-state index in [-0.39, 0.29) is 0 Å². The second-order valence-corrected chi connectivity index (χ2v) is 2.15. The summed E-state index contributed by atoms with van der Waals surface area (Å²) in [6.45, 7) is 0. The average molecular weight is 184 g/mol. The van der Waals surface area contributed by atoms with Crippen molar-refractivity contribution in [2.45, 2.75) is 0 Å². The first-order chi connectivity index (χ1) is 6.06. The smallest absolute Gasteiger partial charge is 0.258 e. The minimum absolute atomic E-state index is 0.502. The second kappa shape index (κ2) is 3.15. The van der Waals surface area contributed by atoms with Gasteiger partial charge >= 0.3 is 0 Å². The van der Waals surface area contributed by atoms with E-state index in [0.717, 1.165) is 0 Å². The molecule has 0 aliphatic carbocycles. The number of rotatable bonds is 1. The zero-order valence-electron chi connectivity index (χ0n) is 6.12. The van der Waals surface area contributed by atoms with Crippen molar-refractivity contribution >= 4 is 5.69 Å². The van der Waals surface area contributed by atoms with Gasteiger partial charge in [-0.25, -0.2) is 8.78 Å². The maximum absolute atomic E-state index is 12.7. The molecule has 0 amide bonds. The van der Waals surface area contributed by atoms with Crippen molar-refractivity contribution in [3.63, 3.8) is 0 Å². The van der Waals surface area contributed by atoms with Crippen LogP contribution in [0.2, 0.25) is 0 Å². The first kappa shape index (κ1) is 9.06. The van der Waals surface area contributed by atoms with E-state index in [1.807, 2.05) is 0 Å². The van der Waals surface area contributed by atoms with Crippen LogP contribution in [0.3, 0.4) is 0 Å². The Morgan fingerprint density at radius 1 is 1.38 bits per heavy atom. The Labute approximate surface area is 71.2 Å². The number of halogens is 2. The lowest BCUT2D eigenvalue weighted by molar-refractivity contribution is -0.385. The summed E-state index contributed by atoms with van der Waals surface area (Å²) in [5.74, 6) is -2.46. The molecule has 1 aromatic rings. The Hall–Kier alpha value is -2.03. The van der Waals surface area contributed by atoms with E-state index in [2.05, 4.69) is 0 Å². The Balaban J connectivity index is 3.39. The first-order valence-corrected chi connectivity index (χ1v) is 3.10. The number of nitrogens with zero attached hydrogens (tertiary/aromatic N) is 2. The molecule has 0 spiro atoms. The average Bonchev–Trinajstić information content (AvgIpc) is 2.03. The molecule has 13 heavy (non-hydrogen) atoms. The lowest BCUT2D eigenvalue weighted by Crippen LogP contribution is -1.95. The standard InChI is InChI=1S/C7H2F2N2O2/c8-6-1-4(11(12)13)2-7(9)5(6)3-10/h1-2H. The van der Waals surface area contributed by atoms with E-state index in [1.54, 1.807) is 0 Å². The number of nitro groups is 1. The molecule has 0 saturated carbocycles. The van der Waals surface area contributed by atoms with Gasteiger partial charge in [0.25, 0.3) is 5.69 Å². The summed E-state index contributed by atoms with van der Waals surface area (Å²) >= 11 is 0. The number of nitro benzene ring substituents is 1. The molecule has 0 aliphatic heterocycles. The Kier molecular flexibility index (Phi) is 2.19. The van der Waals surface area contributed by atoms with E-state index in [9.17, 15) is 18.9 Å². The molecule has 0 bridgehead atoms. The minimum Gasteiger partial charge on any atom is -0.258 e. The monoisotopic (exact) mass is 184 g/mol. The van der Waals surface area contributed by atoms with Gasteiger partial charge in [0.15, 0.2) is 11.6 Å². The predicted molar refractivity (Wildman–Crippen MR) is 37.7 cm³/mol. The highest BCUT2D eigenvalue weighted by atomic mass is 19.1. The third-order valence-corrected chi connectivity index (χ3v) is 1.35. The minimum atomic E-state index is -1.23. The summed E-state index contributed by atoms with van der Waals surface area (Å²) < 4.78 is 25.4. The Bertz CT molecular complexity index is 388. The second-order valence-electron chi connectivity index (χ2n) is 2.15. The van der Waals surface area contributed by atoms with Crippen molar-refractivity contribution in [2.75, 3.05) is 0 Å². The number of nitriles is 1. The van der Waals surface area contributed by atoms with Crippen LogP contribution >= 0.6 is 0 Å². The third-order valence-electron chi connectivity index (χ3n) is 1.35. The molecule has 0 saturated heterocycles. The van der Waals surface area contributed by atoms with E-state index < -0.39 is 27.8 Å². The highest BCUT2D eigenvalue weighted by molar-refractivity contribution is 5.41. The number of benzene rings is 1. The number of non-ortho nitro benzene ring substituents is 1. The lowest BCUT2D eigenvalue weighted by Gasteiger charge is -1.95. The van der Waals surface area contributed by atoms with Crippen LogP contribution in [-0.4, -0.2) is 4.92 Å². The summed E-state index contributed by atoms with van der Waals surface area (Å²) in [6, 6.07) is 2.26. The largest absolute Gasteiger partial charge is 0.275 e. The van der Waals surface area contributed by atoms with Gasteiger partial charge in [0.2, 0.25) is 0 Å². The predicted octanol–water partition coefficient (Wildman–Crippen LogP) is 1.74. The van der Waals surface area contributed by atoms with Crippen LogP contribution < -0.4 is 0 Å². The molecule has 1 aromatic carbocycles. The van der Waals surface area contributed by atoms with Crippen LogP contribution in [0.5, 0.6) is 0 Å². The van der Waals surface area contributed by atoms with Gasteiger partial charge in [-0.15, -0.1) is 0 Å². The molecule has 0 aliphatic rings. The van der Waals surface area contributed by atoms with Gasteiger partial charge in [0.05, 0.1) is 17.1 Å². The van der Waals surface area contributed by atoms with Gasteiger partial charge in [-0.3, -0.25) is 10.1 Å². The van der Waals surface area contributed by atoms with Crippen LogP contribution in [0.25, 0.3) is 0 Å². The molecule has 66 valence electrons. The van der Waals surface area contributed by atoms with Crippen molar-refractivity contribution in [1.29, 1.82) is 5.26 Å². The van der Waals surface area contributed by atoms with Crippen LogP contribution in [0.4, 0.5) is 14.5 Å². The van der Waals surface area contributed by atoms with Crippen molar-refractivity contribution in [2.24, 2.45) is 0 Å². The quantitative estimate of drug-likeness (QED) is 0.493. The summed E-state index contributed by atoms with van der Waals surface area (Å²) in [7, 11) is 0. The highest BCUT2D eigenvalue weighted by Gasteiger charge is 2.16. The van der Waals surface area contributed by atoms with Gasteiger partial charge in [0.1, 0.15) is 11.6 Å². The van der Waals surface area contributed by atoms with E-state index in [4.69, 9.17) is 5.26 Å². The zero-order chi connectivity index (χ0) is 10.0. The fraction of sp³-hybridized carbons (Fsp3) is 0. The first-order valence-electron chi connectivity index (χ1n) is 3.10. The Morgan fingerprint density at radius 3 is 2.15 bits per heavy atom. The van der Waals surface area contributed by atoms with E-state index in [0.29, 0.717) is 12.1 Å². The van der Waals surface area contributed by atoms with Crippen LogP contribution in [0.1, 0.15) is 5.56 Å². The molecule has 0 radical (unpaired) electrons. The van der Waals surface area contributed by atoms with Crippen LogP contribution in [0, 0.1) is 33.1 Å². The molecule has 6 heteroatoms. The van der Waals surface area contributed by atoms with E-state index in [1.165, 1.54) is 6.07 Å². The lowest BCUT2D eigenvalue weighted by atomic mass is 10.2. The molecular formula is C7H2F2N2O2. The van der Waals surface area contributed by atoms with Crippen molar-refractivity contribution in [1.82, 2.24) is 0 Å². The third kappa shape index (κ3) is 1.59. The van der Waals surface area contributed by atoms with Gasteiger partial charge in [-0.2, -0.15) is 5.26 Å². The van der Waals surface area contributed by atoms with Gasteiger partial charge in [0, 0.05) is 0 Å². The molecule has 1 rings (SSSR count). The van der Waals surface area contributed by atoms with Crippen LogP contribution in [-0.2, 0) is 0 Å². The highest BCUT2D eigenvalue weighted by Crippen LogP contribution is 2.19. The molecular weight excluding hydrogens is 182 g/mol. The molecule has 0 fully saturated rings. The van der Waals surface area contributed by atoms with Crippen molar-refractivity contribution in [3.05, 3.63) is 39.4 Å². The number of hydrogen-bond donors (Lipinski definition) is 0. The van der Waals surface area contributed by atoms with Gasteiger partial charge in [-0.05, 0) is 0 Å². The normalized spacial score (nSPS) is 9.31.